The van der Waals surface area contributed by atoms with Gasteiger partial charge in [0.25, 0.3) is 5.91 Å². The van der Waals surface area contributed by atoms with E-state index in [1.54, 1.807) is 6.92 Å². The molecule has 188 valence electrons. The van der Waals surface area contributed by atoms with Crippen LogP contribution in [0.25, 0.3) is 0 Å². The standard InChI is InChI=1S/C10H21N.C8H10.C5H10N2O2.2C2H6/c1-5-8-9-11(7-3)10(4)6-2;1-8-6-4-2-3-5-7-8;1-3-7(9)5(8)4-6-2;2*1-2/h6H,5,7-9H2,1-4H3;2-4,6-7H,5H2,1H3;4,9H,3H2,1-2H3;2*1-2H3/b10-6+;;;;. The van der Waals surface area contributed by atoms with Gasteiger partial charge in [0, 0.05) is 32.4 Å². The predicted octanol–water partition coefficient (Wildman–Crippen LogP) is 7.46. The monoisotopic (exact) mass is 451 g/mol. The van der Waals surface area contributed by atoms with E-state index in [0.29, 0.717) is 5.06 Å². The minimum atomic E-state index is -0.486. The molecule has 0 spiro atoms. The number of carbonyl (C=O) groups excluding carboxylic acids is 1. The van der Waals surface area contributed by atoms with Crippen molar-refractivity contribution >= 4 is 12.1 Å². The molecule has 0 fully saturated rings. The van der Waals surface area contributed by atoms with Crippen LogP contribution in [0.4, 0.5) is 0 Å². The molecule has 5 nitrogen and oxygen atoms in total. The minimum absolute atomic E-state index is 0.283. The number of allylic oxidation sites excluding steroid dienone is 8. The Morgan fingerprint density at radius 3 is 2.16 bits per heavy atom. The van der Waals surface area contributed by atoms with E-state index in [4.69, 9.17) is 5.21 Å². The van der Waals surface area contributed by atoms with Gasteiger partial charge in [0.15, 0.2) is 0 Å². The summed E-state index contributed by atoms with van der Waals surface area (Å²) in [4.78, 5) is 16.3. The highest BCUT2D eigenvalue weighted by Crippen LogP contribution is 2.04. The van der Waals surface area contributed by atoms with E-state index < -0.39 is 5.91 Å². The molecule has 0 heterocycles. The lowest BCUT2D eigenvalue weighted by Crippen LogP contribution is -2.27. The number of hydroxylamine groups is 2. The first kappa shape index (κ1) is 37.2. The van der Waals surface area contributed by atoms with Crippen molar-refractivity contribution in [1.82, 2.24) is 9.96 Å². The van der Waals surface area contributed by atoms with Crippen LogP contribution in [-0.2, 0) is 4.79 Å². The molecular weight excluding hydrogens is 398 g/mol. The van der Waals surface area contributed by atoms with Gasteiger partial charge in [0.1, 0.15) is 0 Å². The van der Waals surface area contributed by atoms with Crippen molar-refractivity contribution < 1.29 is 10.0 Å². The van der Waals surface area contributed by atoms with Crippen LogP contribution < -0.4 is 0 Å². The lowest BCUT2D eigenvalue weighted by atomic mass is 10.2. The number of hydrogen-bond donors (Lipinski definition) is 1. The largest absolute Gasteiger partial charge is 0.376 e. The molecule has 0 aromatic heterocycles. The summed E-state index contributed by atoms with van der Waals surface area (Å²) in [6.45, 7) is 23.1. The van der Waals surface area contributed by atoms with Crippen LogP contribution in [0, 0.1) is 0 Å². The average Bonchev–Trinajstić information content (AvgIpc) is 3.09. The molecule has 1 amide bonds. The molecule has 1 rings (SSSR count). The van der Waals surface area contributed by atoms with E-state index in [9.17, 15) is 4.79 Å². The Hall–Kier alpha value is -2.14. The zero-order chi connectivity index (χ0) is 25.8. The van der Waals surface area contributed by atoms with Gasteiger partial charge < -0.3 is 4.90 Å². The summed E-state index contributed by atoms with van der Waals surface area (Å²) in [5.41, 5.74) is 2.76. The van der Waals surface area contributed by atoms with Gasteiger partial charge >= 0.3 is 0 Å². The molecule has 0 saturated heterocycles. The zero-order valence-corrected chi connectivity index (χ0v) is 23.0. The van der Waals surface area contributed by atoms with Gasteiger partial charge in [-0.2, -0.15) is 0 Å². The van der Waals surface area contributed by atoms with E-state index >= 15 is 0 Å². The van der Waals surface area contributed by atoms with E-state index in [2.05, 4.69) is 81.0 Å². The van der Waals surface area contributed by atoms with Crippen molar-refractivity contribution in [1.29, 1.82) is 0 Å². The van der Waals surface area contributed by atoms with Crippen molar-refractivity contribution in [2.24, 2.45) is 4.99 Å². The van der Waals surface area contributed by atoms with Crippen molar-refractivity contribution in [2.45, 2.75) is 88.5 Å². The molecule has 0 radical (unpaired) electrons. The smallest absolute Gasteiger partial charge is 0.287 e. The molecule has 0 bridgehead atoms. The lowest BCUT2D eigenvalue weighted by Gasteiger charge is -2.23. The minimum Gasteiger partial charge on any atom is -0.376 e. The Morgan fingerprint density at radius 2 is 1.72 bits per heavy atom. The molecule has 0 aliphatic heterocycles. The average molecular weight is 452 g/mol. The Balaban J connectivity index is -0.000000171. The number of unbranched alkanes of at least 4 members (excludes halogenated alkanes) is 1. The summed E-state index contributed by atoms with van der Waals surface area (Å²) < 4.78 is 0. The fourth-order valence-electron chi connectivity index (χ4n) is 2.13. The lowest BCUT2D eigenvalue weighted by molar-refractivity contribution is -0.155. The summed E-state index contributed by atoms with van der Waals surface area (Å²) in [5, 5.41) is 9.24. The van der Waals surface area contributed by atoms with Gasteiger partial charge in [-0.15, -0.1) is 0 Å². The van der Waals surface area contributed by atoms with Gasteiger partial charge in [-0.05, 0) is 47.5 Å². The first-order valence-corrected chi connectivity index (χ1v) is 12.2. The molecule has 5 heteroatoms. The summed E-state index contributed by atoms with van der Waals surface area (Å²) in [5.74, 6) is -0.486. The van der Waals surface area contributed by atoms with E-state index in [-0.39, 0.29) is 6.54 Å². The number of rotatable bonds is 7. The molecule has 0 unspecified atom stereocenters. The molecule has 0 aromatic rings. The third kappa shape index (κ3) is 25.9. The van der Waals surface area contributed by atoms with Crippen molar-refractivity contribution in [3.8, 4) is 0 Å². The zero-order valence-electron chi connectivity index (χ0n) is 23.0. The molecule has 0 aromatic carbocycles. The van der Waals surface area contributed by atoms with Gasteiger partial charge in [-0.3, -0.25) is 15.0 Å². The van der Waals surface area contributed by atoms with E-state index in [1.807, 2.05) is 27.7 Å². The van der Waals surface area contributed by atoms with Crippen LogP contribution in [-0.4, -0.2) is 54.0 Å². The van der Waals surface area contributed by atoms with Crippen molar-refractivity contribution in [3.05, 3.63) is 47.7 Å². The molecule has 32 heavy (non-hydrogen) atoms. The highest BCUT2D eigenvalue weighted by Gasteiger charge is 2.02. The normalized spacial score (nSPS) is 11.8. The summed E-state index contributed by atoms with van der Waals surface area (Å²) >= 11 is 0. The fraction of sp³-hybridized carbons (Fsp3) is 0.630. The van der Waals surface area contributed by atoms with Gasteiger partial charge in [-0.1, -0.05) is 83.1 Å². The fourth-order valence-corrected chi connectivity index (χ4v) is 2.13. The summed E-state index contributed by atoms with van der Waals surface area (Å²) in [6, 6.07) is 0. The van der Waals surface area contributed by atoms with Crippen LogP contribution in [0.3, 0.4) is 0 Å². The first-order valence-electron chi connectivity index (χ1n) is 12.2. The van der Waals surface area contributed by atoms with Crippen molar-refractivity contribution in [3.63, 3.8) is 0 Å². The second-order valence-electron chi connectivity index (χ2n) is 6.28. The number of hydrogen-bond acceptors (Lipinski definition) is 4. The van der Waals surface area contributed by atoms with Crippen molar-refractivity contribution in [2.75, 3.05) is 26.7 Å². The quantitative estimate of drug-likeness (QED) is 0.248. The predicted molar refractivity (Wildman–Crippen MR) is 145 cm³/mol. The number of amides is 1. The van der Waals surface area contributed by atoms with Crippen LogP contribution in [0.1, 0.15) is 88.5 Å². The van der Waals surface area contributed by atoms with Crippen LogP contribution in [0.2, 0.25) is 0 Å². The molecule has 1 N–H and O–H groups in total. The van der Waals surface area contributed by atoms with E-state index in [0.717, 1.165) is 19.2 Å². The van der Waals surface area contributed by atoms with Gasteiger partial charge in [0.2, 0.25) is 0 Å². The third-order valence-electron chi connectivity index (χ3n) is 4.06. The maximum atomic E-state index is 10.5. The molecule has 1 aliphatic rings. The Labute approximate surface area is 200 Å². The van der Waals surface area contributed by atoms with Crippen LogP contribution in [0.5, 0.6) is 0 Å². The second-order valence-corrected chi connectivity index (χ2v) is 6.28. The Morgan fingerprint density at radius 1 is 1.12 bits per heavy atom. The number of carbonyl (C=O) groups is 1. The van der Waals surface area contributed by atoms with E-state index in [1.165, 1.54) is 37.7 Å². The van der Waals surface area contributed by atoms with Gasteiger partial charge in [-0.25, -0.2) is 5.06 Å². The maximum absolute atomic E-state index is 10.5. The number of aliphatic imine (C=N–C) groups is 1. The van der Waals surface area contributed by atoms with Crippen LogP contribution >= 0.6 is 0 Å². The Kier molecular flexibility index (Phi) is 36.1. The second kappa shape index (κ2) is 31.0. The Bertz CT molecular complexity index is 544. The highest BCUT2D eigenvalue weighted by atomic mass is 16.5. The molecular formula is C27H53N3O2. The molecule has 1 aliphatic carbocycles. The highest BCUT2D eigenvalue weighted by molar-refractivity contribution is 6.25. The van der Waals surface area contributed by atoms with Crippen LogP contribution in [0.15, 0.2) is 52.7 Å². The van der Waals surface area contributed by atoms with Gasteiger partial charge in [0.05, 0.1) is 6.21 Å². The number of nitrogens with zero attached hydrogens (tertiary/aromatic N) is 3. The third-order valence-corrected chi connectivity index (χ3v) is 4.06. The summed E-state index contributed by atoms with van der Waals surface area (Å²) in [7, 11) is 1.47. The first-order chi connectivity index (χ1) is 15.4. The molecule has 0 atom stereocenters. The maximum Gasteiger partial charge on any atom is 0.287 e. The molecule has 0 saturated carbocycles. The topological polar surface area (TPSA) is 56.1 Å². The summed E-state index contributed by atoms with van der Waals surface area (Å²) in [6.07, 6.45) is 17.5. The SMILES string of the molecule is C/C=C(\C)N(CC)CCCC.CC.CC.CC1=CCC=CC=C1.CCN(O)C(=O)C=NC.